The molecule has 0 atom stereocenters. The number of benzene rings is 1. The van der Waals surface area contributed by atoms with Crippen molar-refractivity contribution in [2.45, 2.75) is 20.4 Å². The summed E-state index contributed by atoms with van der Waals surface area (Å²) < 4.78 is 7.64. The highest BCUT2D eigenvalue weighted by molar-refractivity contribution is 6.58. The van der Waals surface area contributed by atoms with Crippen molar-refractivity contribution < 1.29 is 14.8 Å². The van der Waals surface area contributed by atoms with Gasteiger partial charge in [-0.3, -0.25) is 0 Å². The number of hydrogen-bond acceptors (Lipinski definition) is 4. The van der Waals surface area contributed by atoms with Crippen LogP contribution in [0.3, 0.4) is 0 Å². The highest BCUT2D eigenvalue weighted by Gasteiger charge is 2.09. The summed E-state index contributed by atoms with van der Waals surface area (Å²) in [5, 5.41) is 18.0. The molecule has 0 aliphatic heterocycles. The van der Waals surface area contributed by atoms with Crippen molar-refractivity contribution >= 4 is 12.6 Å². The van der Waals surface area contributed by atoms with Gasteiger partial charge in [0.1, 0.15) is 12.4 Å². The Bertz CT molecular complexity index is 537. The van der Waals surface area contributed by atoms with Crippen molar-refractivity contribution in [2.75, 3.05) is 6.61 Å². The molecule has 1 aromatic carbocycles. The SMILES string of the molecule is Cc1ncn(CCOc2ccc(B(O)O)cc2)c1C. The molecule has 0 spiro atoms. The summed E-state index contributed by atoms with van der Waals surface area (Å²) in [7, 11) is -1.44. The van der Waals surface area contributed by atoms with Crippen LogP contribution >= 0.6 is 0 Å². The average Bonchev–Trinajstić information content (AvgIpc) is 2.71. The lowest BCUT2D eigenvalue weighted by atomic mass is 9.80. The van der Waals surface area contributed by atoms with E-state index >= 15 is 0 Å². The monoisotopic (exact) mass is 260 g/mol. The van der Waals surface area contributed by atoms with Gasteiger partial charge in [0.15, 0.2) is 0 Å². The minimum Gasteiger partial charge on any atom is -0.492 e. The van der Waals surface area contributed by atoms with E-state index in [9.17, 15) is 0 Å². The van der Waals surface area contributed by atoms with Crippen molar-refractivity contribution in [3.63, 3.8) is 0 Å². The molecule has 19 heavy (non-hydrogen) atoms. The van der Waals surface area contributed by atoms with Crippen LogP contribution in [-0.2, 0) is 6.54 Å². The summed E-state index contributed by atoms with van der Waals surface area (Å²) in [6.45, 7) is 5.28. The topological polar surface area (TPSA) is 67.5 Å². The molecule has 0 radical (unpaired) electrons. The van der Waals surface area contributed by atoms with E-state index in [0.717, 1.165) is 17.9 Å². The number of imidazole rings is 1. The molecule has 2 N–H and O–H groups in total. The maximum Gasteiger partial charge on any atom is 0.488 e. The van der Waals surface area contributed by atoms with Gasteiger partial charge in [-0.1, -0.05) is 12.1 Å². The number of hydrogen-bond donors (Lipinski definition) is 2. The highest BCUT2D eigenvalue weighted by Crippen LogP contribution is 2.09. The first kappa shape index (κ1) is 13.6. The van der Waals surface area contributed by atoms with Crippen molar-refractivity contribution in [2.24, 2.45) is 0 Å². The second-order valence-corrected chi connectivity index (χ2v) is 4.40. The van der Waals surface area contributed by atoms with Crippen LogP contribution in [-0.4, -0.2) is 33.3 Å². The van der Waals surface area contributed by atoms with Gasteiger partial charge in [-0.25, -0.2) is 4.98 Å². The van der Waals surface area contributed by atoms with Crippen LogP contribution < -0.4 is 10.2 Å². The Morgan fingerprint density at radius 1 is 1.21 bits per heavy atom. The van der Waals surface area contributed by atoms with Crippen LogP contribution in [0.2, 0.25) is 0 Å². The fourth-order valence-electron chi connectivity index (χ4n) is 1.77. The molecule has 0 saturated heterocycles. The summed E-state index contributed by atoms with van der Waals surface area (Å²) in [6.07, 6.45) is 1.80. The Balaban J connectivity index is 1.87. The third kappa shape index (κ3) is 3.36. The standard InChI is InChI=1S/C13H17BN2O3/c1-10-11(2)16(9-15-10)7-8-19-13-5-3-12(4-6-13)14(17)18/h3-6,9,17-18H,7-8H2,1-2H3. The Kier molecular flexibility index (Phi) is 4.24. The third-order valence-corrected chi connectivity index (χ3v) is 3.12. The number of ether oxygens (including phenoxy) is 1. The van der Waals surface area contributed by atoms with Gasteiger partial charge in [0, 0.05) is 5.69 Å². The number of aromatic nitrogens is 2. The molecule has 0 aliphatic carbocycles. The average molecular weight is 260 g/mol. The molecule has 1 heterocycles. The van der Waals surface area contributed by atoms with E-state index in [1.807, 2.05) is 18.4 Å². The summed E-state index contributed by atoms with van der Waals surface area (Å²) in [4.78, 5) is 4.22. The smallest absolute Gasteiger partial charge is 0.488 e. The zero-order valence-corrected chi connectivity index (χ0v) is 11.1. The first-order chi connectivity index (χ1) is 9.08. The van der Waals surface area contributed by atoms with E-state index in [-0.39, 0.29) is 0 Å². The van der Waals surface area contributed by atoms with Crippen LogP contribution in [0.15, 0.2) is 30.6 Å². The highest BCUT2D eigenvalue weighted by atomic mass is 16.5. The first-order valence-electron chi connectivity index (χ1n) is 6.15. The lowest BCUT2D eigenvalue weighted by Crippen LogP contribution is -2.29. The summed E-state index contributed by atoms with van der Waals surface area (Å²) >= 11 is 0. The second-order valence-electron chi connectivity index (χ2n) is 4.40. The van der Waals surface area contributed by atoms with E-state index < -0.39 is 7.12 Å². The van der Waals surface area contributed by atoms with Crippen LogP contribution in [0.5, 0.6) is 5.75 Å². The largest absolute Gasteiger partial charge is 0.492 e. The van der Waals surface area contributed by atoms with Crippen molar-refractivity contribution in [1.82, 2.24) is 9.55 Å². The van der Waals surface area contributed by atoms with Gasteiger partial charge in [-0.15, -0.1) is 0 Å². The summed E-state index contributed by atoms with van der Waals surface area (Å²) in [6, 6.07) is 6.71. The predicted octanol–water partition coefficient (Wildman–Crippen LogP) is 0.259. The van der Waals surface area contributed by atoms with Gasteiger partial charge in [0.2, 0.25) is 0 Å². The van der Waals surface area contributed by atoms with Gasteiger partial charge >= 0.3 is 7.12 Å². The molecule has 0 aliphatic rings. The Morgan fingerprint density at radius 2 is 1.89 bits per heavy atom. The zero-order chi connectivity index (χ0) is 13.8. The van der Waals surface area contributed by atoms with E-state index in [2.05, 4.69) is 4.98 Å². The van der Waals surface area contributed by atoms with Gasteiger partial charge < -0.3 is 19.4 Å². The maximum atomic E-state index is 8.98. The fourth-order valence-corrected chi connectivity index (χ4v) is 1.77. The maximum absolute atomic E-state index is 8.98. The van der Waals surface area contributed by atoms with E-state index in [1.165, 1.54) is 0 Å². The van der Waals surface area contributed by atoms with Crippen LogP contribution in [0.1, 0.15) is 11.4 Å². The molecule has 2 aromatic rings. The van der Waals surface area contributed by atoms with Crippen LogP contribution in [0.25, 0.3) is 0 Å². The lowest BCUT2D eigenvalue weighted by Gasteiger charge is -2.09. The molecule has 1 aromatic heterocycles. The molecule has 0 saturated carbocycles. The van der Waals surface area contributed by atoms with Crippen LogP contribution in [0, 0.1) is 13.8 Å². The Morgan fingerprint density at radius 3 is 2.42 bits per heavy atom. The van der Waals surface area contributed by atoms with Gasteiger partial charge in [-0.2, -0.15) is 0 Å². The van der Waals surface area contributed by atoms with Crippen molar-refractivity contribution in [1.29, 1.82) is 0 Å². The molecular formula is C13H17BN2O3. The van der Waals surface area contributed by atoms with Crippen molar-refractivity contribution in [3.8, 4) is 5.75 Å². The van der Waals surface area contributed by atoms with Gasteiger partial charge in [0.05, 0.1) is 18.6 Å². The summed E-state index contributed by atoms with van der Waals surface area (Å²) in [5.41, 5.74) is 2.62. The lowest BCUT2D eigenvalue weighted by molar-refractivity contribution is 0.297. The number of aryl methyl sites for hydroxylation is 1. The summed E-state index contributed by atoms with van der Waals surface area (Å²) in [5.74, 6) is 0.707. The quantitative estimate of drug-likeness (QED) is 0.757. The number of nitrogens with zero attached hydrogens (tertiary/aromatic N) is 2. The molecule has 0 bridgehead atoms. The normalized spacial score (nSPS) is 10.5. The van der Waals surface area contributed by atoms with E-state index in [0.29, 0.717) is 17.8 Å². The zero-order valence-electron chi connectivity index (χ0n) is 11.1. The molecular weight excluding hydrogens is 243 g/mol. The molecule has 0 fully saturated rings. The molecule has 0 unspecified atom stereocenters. The molecule has 2 rings (SSSR count). The fraction of sp³-hybridized carbons (Fsp3) is 0.308. The first-order valence-corrected chi connectivity index (χ1v) is 6.15. The van der Waals surface area contributed by atoms with Gasteiger partial charge in [-0.05, 0) is 31.4 Å². The van der Waals surface area contributed by atoms with Gasteiger partial charge in [0.25, 0.3) is 0 Å². The molecule has 100 valence electrons. The minimum atomic E-state index is -1.44. The second kappa shape index (κ2) is 5.90. The van der Waals surface area contributed by atoms with Crippen molar-refractivity contribution in [3.05, 3.63) is 42.0 Å². The Hall–Kier alpha value is -1.79. The van der Waals surface area contributed by atoms with E-state index in [1.54, 1.807) is 30.6 Å². The minimum absolute atomic E-state index is 0.452. The third-order valence-electron chi connectivity index (χ3n) is 3.12. The molecule has 5 nitrogen and oxygen atoms in total. The molecule has 0 amide bonds. The Labute approximate surface area is 112 Å². The predicted molar refractivity (Wildman–Crippen MR) is 73.5 cm³/mol. The number of rotatable bonds is 5. The van der Waals surface area contributed by atoms with Crippen LogP contribution in [0.4, 0.5) is 0 Å². The van der Waals surface area contributed by atoms with E-state index in [4.69, 9.17) is 14.8 Å². The molecule has 6 heteroatoms.